The fraction of sp³-hybridized carbons (Fsp3) is 0.474. The minimum atomic E-state index is -1.34. The predicted octanol–water partition coefficient (Wildman–Crippen LogP) is 6.00. The zero-order valence-electron chi connectivity index (χ0n) is 28.2. The van der Waals surface area contributed by atoms with E-state index >= 15 is 0 Å². The van der Waals surface area contributed by atoms with Crippen LogP contribution in [0.3, 0.4) is 0 Å². The Kier molecular flexibility index (Phi) is 15.4. The molecule has 1 unspecified atom stereocenters. The normalized spacial score (nSPS) is 13.7. The molecule has 0 spiro atoms. The number of ether oxygens (including phenoxy) is 1. The number of benzene rings is 3. The molecule has 0 aliphatic carbocycles. The number of hydrogen-bond donors (Lipinski definition) is 4. The molecule has 3 aromatic carbocycles. The van der Waals surface area contributed by atoms with E-state index in [-0.39, 0.29) is 31.1 Å². The number of nitrogens with one attached hydrogen (secondary N) is 3. The second-order valence-electron chi connectivity index (χ2n) is 12.6. The van der Waals surface area contributed by atoms with Crippen molar-refractivity contribution >= 4 is 34.5 Å². The van der Waals surface area contributed by atoms with Gasteiger partial charge in [-0.15, -0.1) is 0 Å². The van der Waals surface area contributed by atoms with Crippen molar-refractivity contribution in [1.29, 1.82) is 0 Å². The zero-order chi connectivity index (χ0) is 34.2. The Morgan fingerprint density at radius 1 is 0.766 bits per heavy atom. The van der Waals surface area contributed by atoms with Crippen LogP contribution in [0.4, 0.5) is 4.79 Å². The average Bonchev–Trinajstić information content (AvgIpc) is 3.07. The topological polar surface area (TPSA) is 134 Å². The van der Waals surface area contributed by atoms with Crippen molar-refractivity contribution in [1.82, 2.24) is 16.0 Å². The molecule has 3 rings (SSSR count). The Morgan fingerprint density at radius 2 is 1.43 bits per heavy atom. The third-order valence-electron chi connectivity index (χ3n) is 8.15. The number of Topliss-reactive ketones (excluding diaryl/α,β-unsaturated/α-hetero) is 1. The molecule has 0 aliphatic heterocycles. The van der Waals surface area contributed by atoms with Gasteiger partial charge in [0.25, 0.3) is 0 Å². The fourth-order valence-electron chi connectivity index (χ4n) is 5.54. The van der Waals surface area contributed by atoms with Crippen molar-refractivity contribution in [2.45, 2.75) is 110 Å². The number of rotatable bonds is 19. The molecular formula is C38H51N3O6. The molecule has 0 bridgehead atoms. The number of unbranched alkanes of at least 4 members (excludes halogenated alkanes) is 2. The molecule has 254 valence electrons. The number of amides is 3. The Labute approximate surface area is 278 Å². The summed E-state index contributed by atoms with van der Waals surface area (Å²) < 4.78 is 5.45. The molecule has 9 nitrogen and oxygen atoms in total. The van der Waals surface area contributed by atoms with E-state index in [2.05, 4.69) is 16.0 Å². The number of ketones is 1. The molecule has 3 aromatic rings. The lowest BCUT2D eigenvalue weighted by Crippen LogP contribution is -2.57. The maximum atomic E-state index is 13.9. The number of aliphatic hydroxyl groups is 1. The molecule has 0 aliphatic rings. The maximum absolute atomic E-state index is 13.9. The van der Waals surface area contributed by atoms with Gasteiger partial charge in [-0.2, -0.15) is 0 Å². The molecule has 4 N–H and O–H groups in total. The number of fused-ring (bicyclic) bond motifs is 1. The van der Waals surface area contributed by atoms with Crippen molar-refractivity contribution in [3.63, 3.8) is 0 Å². The average molecular weight is 646 g/mol. The highest BCUT2D eigenvalue weighted by Gasteiger charge is 2.32. The summed E-state index contributed by atoms with van der Waals surface area (Å²) in [5, 5.41) is 21.3. The van der Waals surface area contributed by atoms with Crippen molar-refractivity contribution in [2.24, 2.45) is 5.92 Å². The predicted molar refractivity (Wildman–Crippen MR) is 185 cm³/mol. The summed E-state index contributed by atoms with van der Waals surface area (Å²) in [7, 11) is 0. The lowest BCUT2D eigenvalue weighted by molar-refractivity contribution is -0.133. The van der Waals surface area contributed by atoms with Gasteiger partial charge >= 0.3 is 6.09 Å². The van der Waals surface area contributed by atoms with Gasteiger partial charge in [-0.05, 0) is 47.1 Å². The second kappa shape index (κ2) is 19.4. The minimum absolute atomic E-state index is 0.0351. The van der Waals surface area contributed by atoms with Crippen molar-refractivity contribution < 1.29 is 29.0 Å². The van der Waals surface area contributed by atoms with E-state index in [1.807, 2.05) is 100 Å². The van der Waals surface area contributed by atoms with Gasteiger partial charge in [0, 0.05) is 12.8 Å². The smallest absolute Gasteiger partial charge is 0.408 e. The second-order valence-corrected chi connectivity index (χ2v) is 12.6. The van der Waals surface area contributed by atoms with Crippen LogP contribution in [-0.2, 0) is 32.1 Å². The Bertz CT molecular complexity index is 1440. The van der Waals surface area contributed by atoms with Crippen LogP contribution in [0.15, 0.2) is 72.8 Å². The summed E-state index contributed by atoms with van der Waals surface area (Å²) in [5.74, 6) is -1.21. The molecule has 0 radical (unpaired) electrons. The Morgan fingerprint density at radius 3 is 2.13 bits per heavy atom. The monoisotopic (exact) mass is 645 g/mol. The van der Waals surface area contributed by atoms with Crippen LogP contribution < -0.4 is 16.0 Å². The van der Waals surface area contributed by atoms with E-state index in [9.17, 15) is 24.3 Å². The van der Waals surface area contributed by atoms with Gasteiger partial charge in [0.1, 0.15) is 24.8 Å². The van der Waals surface area contributed by atoms with Crippen LogP contribution >= 0.6 is 0 Å². The first-order valence-corrected chi connectivity index (χ1v) is 16.9. The van der Waals surface area contributed by atoms with E-state index in [0.29, 0.717) is 25.7 Å². The van der Waals surface area contributed by atoms with Crippen LogP contribution in [0.2, 0.25) is 0 Å². The van der Waals surface area contributed by atoms with E-state index in [4.69, 9.17) is 4.74 Å². The molecule has 0 heterocycles. The van der Waals surface area contributed by atoms with Gasteiger partial charge in [0.05, 0.1) is 6.04 Å². The first kappa shape index (κ1) is 37.2. The number of aliphatic hydroxyl groups excluding tert-OH is 1. The van der Waals surface area contributed by atoms with Crippen LogP contribution in [0, 0.1) is 5.92 Å². The fourth-order valence-corrected chi connectivity index (χ4v) is 5.54. The maximum Gasteiger partial charge on any atom is 0.408 e. The Balaban J connectivity index is 1.82. The van der Waals surface area contributed by atoms with Crippen LogP contribution in [0.1, 0.15) is 83.8 Å². The molecule has 0 saturated heterocycles. The summed E-state index contributed by atoms with van der Waals surface area (Å²) in [6.07, 6.45) is 1.98. The molecule has 4 atom stereocenters. The number of carbonyl (C=O) groups is 4. The van der Waals surface area contributed by atoms with E-state index in [1.165, 1.54) is 0 Å². The molecule has 0 fully saturated rings. The first-order valence-electron chi connectivity index (χ1n) is 16.9. The van der Waals surface area contributed by atoms with Crippen molar-refractivity contribution in [3.8, 4) is 0 Å². The molecule has 9 heteroatoms. The third kappa shape index (κ3) is 12.1. The van der Waals surface area contributed by atoms with Gasteiger partial charge in [0.15, 0.2) is 5.78 Å². The standard InChI is InChI=1S/C38H51N3O6/c1-5-7-21-31(36(44)40-32(23-26(3)4)35(43)34(42)22-8-6-2)39-37(45)33(41-38(46)47-25-27-15-10-9-11-16-27)24-29-19-14-18-28-17-12-13-20-30(28)29/h9-20,26,31-33,35,43H,5-8,21-25H2,1-4H3,(H,39,45)(H,40,44)(H,41,46)/t31-,32-,33-,35?/m0/s1. The summed E-state index contributed by atoms with van der Waals surface area (Å²) >= 11 is 0. The van der Waals surface area contributed by atoms with Crippen LogP contribution in [-0.4, -0.2) is 53.0 Å². The largest absolute Gasteiger partial charge is 0.445 e. The summed E-state index contributed by atoms with van der Waals surface area (Å²) in [5.41, 5.74) is 1.66. The minimum Gasteiger partial charge on any atom is -0.445 e. The van der Waals surface area contributed by atoms with Gasteiger partial charge in [-0.25, -0.2) is 4.79 Å². The highest BCUT2D eigenvalue weighted by molar-refractivity contribution is 5.93. The van der Waals surface area contributed by atoms with Gasteiger partial charge in [0.2, 0.25) is 11.8 Å². The Hall–Kier alpha value is -4.24. The highest BCUT2D eigenvalue weighted by atomic mass is 16.5. The lowest BCUT2D eigenvalue weighted by Gasteiger charge is -2.28. The molecule has 0 saturated carbocycles. The third-order valence-corrected chi connectivity index (χ3v) is 8.15. The summed E-state index contributed by atoms with van der Waals surface area (Å²) in [6.45, 7) is 7.91. The van der Waals surface area contributed by atoms with Gasteiger partial charge < -0.3 is 25.8 Å². The number of hydrogen-bond acceptors (Lipinski definition) is 6. The lowest BCUT2D eigenvalue weighted by atomic mass is 9.94. The first-order chi connectivity index (χ1) is 22.6. The van der Waals surface area contributed by atoms with Gasteiger partial charge in [-0.1, -0.05) is 120 Å². The highest BCUT2D eigenvalue weighted by Crippen LogP contribution is 2.20. The number of carbonyl (C=O) groups excluding carboxylic acids is 4. The quantitative estimate of drug-likeness (QED) is 0.126. The zero-order valence-corrected chi connectivity index (χ0v) is 28.2. The molecule has 3 amide bonds. The molecule has 47 heavy (non-hydrogen) atoms. The molecule has 0 aromatic heterocycles. The SMILES string of the molecule is CCCCC(=O)C(O)[C@H](CC(C)C)NC(=O)[C@H](CCCC)NC(=O)[C@H](Cc1cccc2ccccc12)NC(=O)OCc1ccccc1. The molecular weight excluding hydrogens is 594 g/mol. The van der Waals surface area contributed by atoms with Crippen molar-refractivity contribution in [2.75, 3.05) is 0 Å². The van der Waals surface area contributed by atoms with E-state index in [1.54, 1.807) is 0 Å². The van der Waals surface area contributed by atoms with E-state index < -0.39 is 42.1 Å². The number of alkyl carbamates (subject to hydrolysis) is 1. The summed E-state index contributed by atoms with van der Waals surface area (Å²) in [4.78, 5) is 53.3. The van der Waals surface area contributed by atoms with Crippen molar-refractivity contribution in [3.05, 3.63) is 83.9 Å². The van der Waals surface area contributed by atoms with Crippen LogP contribution in [0.5, 0.6) is 0 Å². The van der Waals surface area contributed by atoms with Crippen LogP contribution in [0.25, 0.3) is 10.8 Å². The summed E-state index contributed by atoms with van der Waals surface area (Å²) in [6, 6.07) is 20.1. The van der Waals surface area contributed by atoms with Gasteiger partial charge in [-0.3, -0.25) is 14.4 Å². The van der Waals surface area contributed by atoms with E-state index in [0.717, 1.165) is 34.7 Å².